The topological polar surface area (TPSA) is 81.9 Å². The highest BCUT2D eigenvalue weighted by Crippen LogP contribution is 2.27. The van der Waals surface area contributed by atoms with E-state index < -0.39 is 0 Å². The van der Waals surface area contributed by atoms with Gasteiger partial charge >= 0.3 is 0 Å². The van der Waals surface area contributed by atoms with E-state index in [4.69, 9.17) is 9.72 Å². The molecule has 0 aliphatic heterocycles. The van der Waals surface area contributed by atoms with Crippen molar-refractivity contribution in [3.8, 4) is 11.3 Å². The van der Waals surface area contributed by atoms with E-state index in [-0.39, 0.29) is 17.9 Å². The third kappa shape index (κ3) is 3.83. The van der Waals surface area contributed by atoms with Crippen LogP contribution in [0.25, 0.3) is 22.2 Å². The minimum Gasteiger partial charge on any atom is -0.381 e. The lowest BCUT2D eigenvalue weighted by atomic mass is 9.87. The maximum atomic E-state index is 12.6. The molecule has 0 unspecified atom stereocenters. The molecule has 27 heavy (non-hydrogen) atoms. The normalized spacial score (nSPS) is 19.9. The van der Waals surface area contributed by atoms with Crippen molar-refractivity contribution in [1.82, 2.24) is 19.7 Å². The van der Waals surface area contributed by atoms with E-state index in [0.717, 1.165) is 47.8 Å². The van der Waals surface area contributed by atoms with E-state index in [0.29, 0.717) is 5.82 Å². The van der Waals surface area contributed by atoms with Gasteiger partial charge in [-0.15, -0.1) is 0 Å². The molecule has 0 aromatic carbocycles. The Bertz CT molecular complexity index is 960. The smallest absolute Gasteiger partial charge is 0.228 e. The van der Waals surface area contributed by atoms with E-state index in [1.54, 1.807) is 24.2 Å². The second-order valence-electron chi connectivity index (χ2n) is 7.06. The molecule has 7 heteroatoms. The van der Waals surface area contributed by atoms with Crippen LogP contribution in [0.2, 0.25) is 0 Å². The molecule has 0 atom stereocenters. The van der Waals surface area contributed by atoms with Crippen molar-refractivity contribution >= 4 is 22.6 Å². The number of hydrogen-bond donors (Lipinski definition) is 1. The fraction of sp³-hybridized carbons (Fsp3) is 0.400. The van der Waals surface area contributed by atoms with Crippen LogP contribution in [0.15, 0.2) is 36.8 Å². The summed E-state index contributed by atoms with van der Waals surface area (Å²) in [5.41, 5.74) is 2.60. The number of rotatable bonds is 4. The van der Waals surface area contributed by atoms with Gasteiger partial charge in [0.2, 0.25) is 5.91 Å². The van der Waals surface area contributed by atoms with Gasteiger partial charge in [-0.05, 0) is 37.8 Å². The number of amides is 1. The molecule has 0 bridgehead atoms. The highest BCUT2D eigenvalue weighted by atomic mass is 16.5. The number of methoxy groups -OCH3 is 1. The van der Waals surface area contributed by atoms with E-state index in [2.05, 4.69) is 15.4 Å². The predicted molar refractivity (Wildman–Crippen MR) is 103 cm³/mol. The summed E-state index contributed by atoms with van der Waals surface area (Å²) in [5, 5.41) is 8.08. The van der Waals surface area contributed by atoms with Crippen LogP contribution in [0.4, 0.5) is 5.82 Å². The van der Waals surface area contributed by atoms with Gasteiger partial charge in [-0.2, -0.15) is 5.10 Å². The lowest BCUT2D eigenvalue weighted by Gasteiger charge is -2.26. The van der Waals surface area contributed by atoms with Crippen LogP contribution in [-0.4, -0.2) is 38.9 Å². The van der Waals surface area contributed by atoms with Gasteiger partial charge in [-0.25, -0.2) is 9.97 Å². The molecule has 3 aromatic heterocycles. The van der Waals surface area contributed by atoms with Crippen LogP contribution in [0, 0.1) is 5.92 Å². The maximum absolute atomic E-state index is 12.6. The maximum Gasteiger partial charge on any atom is 0.228 e. The second kappa shape index (κ2) is 7.44. The highest BCUT2D eigenvalue weighted by molar-refractivity contribution is 5.93. The van der Waals surface area contributed by atoms with Gasteiger partial charge < -0.3 is 10.1 Å². The molecule has 0 saturated heterocycles. The number of ether oxygens (including phenoxy) is 1. The monoisotopic (exact) mass is 365 g/mol. The Morgan fingerprint density at radius 2 is 2.04 bits per heavy atom. The number of aromatic nitrogens is 4. The Morgan fingerprint density at radius 3 is 2.74 bits per heavy atom. The Morgan fingerprint density at radius 1 is 1.22 bits per heavy atom. The zero-order valence-electron chi connectivity index (χ0n) is 15.6. The van der Waals surface area contributed by atoms with Gasteiger partial charge in [0.25, 0.3) is 0 Å². The Kier molecular flexibility index (Phi) is 4.85. The SMILES string of the molecule is COC1CCC(C(=O)Nc2cc3nc(-c4cnn(C)c4)ccc3cn2)CC1. The van der Waals surface area contributed by atoms with Crippen LogP contribution in [0.1, 0.15) is 25.7 Å². The van der Waals surface area contributed by atoms with Crippen LogP contribution >= 0.6 is 0 Å². The van der Waals surface area contributed by atoms with Crippen LogP contribution in [0.5, 0.6) is 0 Å². The second-order valence-corrected chi connectivity index (χ2v) is 7.06. The molecule has 1 aliphatic rings. The molecule has 0 radical (unpaired) electrons. The van der Waals surface area contributed by atoms with Crippen molar-refractivity contribution in [2.24, 2.45) is 13.0 Å². The molecule has 140 valence electrons. The van der Waals surface area contributed by atoms with Gasteiger partial charge in [0.15, 0.2) is 0 Å². The summed E-state index contributed by atoms with van der Waals surface area (Å²) in [6.45, 7) is 0. The Hall–Kier alpha value is -2.80. The van der Waals surface area contributed by atoms with Crippen molar-refractivity contribution in [2.75, 3.05) is 12.4 Å². The van der Waals surface area contributed by atoms with Gasteiger partial charge in [0, 0.05) is 49.5 Å². The number of hydrogen-bond acceptors (Lipinski definition) is 5. The number of pyridine rings is 2. The summed E-state index contributed by atoms with van der Waals surface area (Å²) in [6, 6.07) is 5.76. The number of nitrogens with one attached hydrogen (secondary N) is 1. The lowest BCUT2D eigenvalue weighted by Crippen LogP contribution is -2.29. The molecular weight excluding hydrogens is 342 g/mol. The Balaban J connectivity index is 1.51. The first-order valence-electron chi connectivity index (χ1n) is 9.22. The van der Waals surface area contributed by atoms with Crippen molar-refractivity contribution < 1.29 is 9.53 Å². The van der Waals surface area contributed by atoms with Crippen molar-refractivity contribution in [2.45, 2.75) is 31.8 Å². The van der Waals surface area contributed by atoms with Crippen LogP contribution in [0.3, 0.4) is 0 Å². The first-order chi connectivity index (χ1) is 13.1. The zero-order valence-corrected chi connectivity index (χ0v) is 15.6. The predicted octanol–water partition coefficient (Wildman–Crippen LogP) is 3.17. The van der Waals surface area contributed by atoms with Crippen molar-refractivity contribution in [3.05, 3.63) is 36.8 Å². The summed E-state index contributed by atoms with van der Waals surface area (Å²) < 4.78 is 7.12. The molecule has 1 aliphatic carbocycles. The fourth-order valence-electron chi connectivity index (χ4n) is 3.59. The quantitative estimate of drug-likeness (QED) is 0.768. The number of carbonyl (C=O) groups is 1. The van der Waals surface area contributed by atoms with E-state index >= 15 is 0 Å². The molecule has 0 spiro atoms. The molecule has 1 N–H and O–H groups in total. The molecular formula is C20H23N5O2. The fourth-order valence-corrected chi connectivity index (χ4v) is 3.59. The number of anilines is 1. The molecule has 3 heterocycles. The summed E-state index contributed by atoms with van der Waals surface area (Å²) in [6.07, 6.45) is 9.28. The van der Waals surface area contributed by atoms with E-state index in [1.807, 2.05) is 31.4 Å². The molecule has 3 aromatic rings. The van der Waals surface area contributed by atoms with Crippen molar-refractivity contribution in [1.29, 1.82) is 0 Å². The summed E-state index contributed by atoms with van der Waals surface area (Å²) in [5.74, 6) is 0.584. The molecule has 1 saturated carbocycles. The minimum atomic E-state index is 0.0172. The molecule has 7 nitrogen and oxygen atoms in total. The largest absolute Gasteiger partial charge is 0.381 e. The minimum absolute atomic E-state index is 0.0172. The third-order valence-electron chi connectivity index (χ3n) is 5.20. The lowest BCUT2D eigenvalue weighted by molar-refractivity contribution is -0.121. The van der Waals surface area contributed by atoms with Gasteiger partial charge in [-0.1, -0.05) is 0 Å². The Labute approximate surface area is 157 Å². The van der Waals surface area contributed by atoms with Crippen molar-refractivity contribution in [3.63, 3.8) is 0 Å². The van der Waals surface area contributed by atoms with Gasteiger partial charge in [-0.3, -0.25) is 9.48 Å². The number of aryl methyl sites for hydroxylation is 1. The third-order valence-corrected chi connectivity index (χ3v) is 5.20. The average Bonchev–Trinajstić information content (AvgIpc) is 3.14. The first kappa shape index (κ1) is 17.6. The number of carbonyl (C=O) groups excluding carboxylic acids is 1. The van der Waals surface area contributed by atoms with Crippen LogP contribution in [-0.2, 0) is 16.6 Å². The zero-order chi connectivity index (χ0) is 18.8. The highest BCUT2D eigenvalue weighted by Gasteiger charge is 2.26. The van der Waals surface area contributed by atoms with Crippen LogP contribution < -0.4 is 5.32 Å². The van der Waals surface area contributed by atoms with E-state index in [1.165, 1.54) is 0 Å². The summed E-state index contributed by atoms with van der Waals surface area (Å²) >= 11 is 0. The summed E-state index contributed by atoms with van der Waals surface area (Å²) in [7, 11) is 3.61. The molecule has 1 fully saturated rings. The standard InChI is InChI=1S/C20H23N5O2/c1-25-12-15(11-22-25)17-8-5-14-10-21-19(9-18(14)23-17)24-20(26)13-3-6-16(27-2)7-4-13/h5,8-13,16H,3-4,6-7H2,1-2H3,(H,21,24,26). The average molecular weight is 365 g/mol. The number of nitrogens with zero attached hydrogens (tertiary/aromatic N) is 4. The molecule has 1 amide bonds. The number of fused-ring (bicyclic) bond motifs is 1. The molecule has 4 rings (SSSR count). The van der Waals surface area contributed by atoms with Gasteiger partial charge in [0.1, 0.15) is 5.82 Å². The van der Waals surface area contributed by atoms with Gasteiger partial charge in [0.05, 0.1) is 23.5 Å². The van der Waals surface area contributed by atoms with E-state index in [9.17, 15) is 4.79 Å². The summed E-state index contributed by atoms with van der Waals surface area (Å²) in [4.78, 5) is 21.6. The first-order valence-corrected chi connectivity index (χ1v) is 9.22.